The summed E-state index contributed by atoms with van der Waals surface area (Å²) in [5.41, 5.74) is 1.93. The van der Waals surface area contributed by atoms with Gasteiger partial charge in [0.25, 0.3) is 0 Å². The zero-order chi connectivity index (χ0) is 17.8. The van der Waals surface area contributed by atoms with Crippen LogP contribution < -0.4 is 10.1 Å². The number of methoxy groups -OCH3 is 1. The van der Waals surface area contributed by atoms with Crippen LogP contribution in [0.25, 0.3) is 11.3 Å². The summed E-state index contributed by atoms with van der Waals surface area (Å²) in [6.45, 7) is 3.93. The molecule has 0 aliphatic heterocycles. The number of benzene rings is 1. The molecule has 0 saturated carbocycles. The van der Waals surface area contributed by atoms with Gasteiger partial charge in [-0.25, -0.2) is 4.98 Å². The van der Waals surface area contributed by atoms with Crippen molar-refractivity contribution in [3.05, 3.63) is 52.7 Å². The van der Waals surface area contributed by atoms with Gasteiger partial charge in [-0.1, -0.05) is 0 Å². The quantitative estimate of drug-likeness (QED) is 0.701. The summed E-state index contributed by atoms with van der Waals surface area (Å²) < 4.78 is 11.0. The number of furan rings is 1. The van der Waals surface area contributed by atoms with E-state index in [9.17, 15) is 4.79 Å². The number of anilines is 1. The molecule has 0 aliphatic carbocycles. The number of rotatable bonds is 6. The summed E-state index contributed by atoms with van der Waals surface area (Å²) in [6, 6.07) is 11.5. The van der Waals surface area contributed by atoms with Crippen LogP contribution in [-0.4, -0.2) is 18.0 Å². The maximum atomic E-state index is 12.1. The molecule has 0 radical (unpaired) electrons. The Morgan fingerprint density at radius 3 is 2.60 bits per heavy atom. The Morgan fingerprint density at radius 1 is 1.20 bits per heavy atom. The Balaban J connectivity index is 1.56. The molecule has 5 nitrogen and oxygen atoms in total. The topological polar surface area (TPSA) is 64.4 Å². The average molecular weight is 356 g/mol. The number of nitrogens with zero attached hydrogens (tertiary/aromatic N) is 1. The van der Waals surface area contributed by atoms with Crippen LogP contribution in [-0.2, 0) is 11.2 Å². The Morgan fingerprint density at radius 2 is 1.96 bits per heavy atom. The zero-order valence-corrected chi connectivity index (χ0v) is 15.3. The fraction of sp³-hybridized carbons (Fsp3) is 0.263. The van der Waals surface area contributed by atoms with Gasteiger partial charge in [0, 0.05) is 23.3 Å². The summed E-state index contributed by atoms with van der Waals surface area (Å²) in [6.07, 6.45) is 0.901. The van der Waals surface area contributed by atoms with E-state index in [0.717, 1.165) is 33.4 Å². The lowest BCUT2D eigenvalue weighted by Crippen LogP contribution is -2.11. The fourth-order valence-corrected chi connectivity index (χ4v) is 3.20. The largest absolute Gasteiger partial charge is 0.497 e. The number of hydrogen-bond donors (Lipinski definition) is 1. The number of thiazole rings is 1. The molecule has 0 atom stereocenters. The van der Waals surface area contributed by atoms with Crippen LogP contribution in [0.1, 0.15) is 22.8 Å². The van der Waals surface area contributed by atoms with E-state index in [4.69, 9.17) is 9.15 Å². The Bertz CT molecular complexity index is 846. The molecule has 25 heavy (non-hydrogen) atoms. The zero-order valence-electron chi connectivity index (χ0n) is 14.5. The molecule has 2 aromatic heterocycles. The number of carbonyl (C=O) groups excluding carboxylic acids is 1. The molecule has 0 unspecified atom stereocenters. The smallest absolute Gasteiger partial charge is 0.226 e. The van der Waals surface area contributed by atoms with E-state index in [2.05, 4.69) is 10.3 Å². The van der Waals surface area contributed by atoms with Crippen molar-refractivity contribution in [3.8, 4) is 17.1 Å². The number of amides is 1. The maximum absolute atomic E-state index is 12.1. The molecule has 6 heteroatoms. The molecular weight excluding hydrogens is 336 g/mol. The first-order valence-electron chi connectivity index (χ1n) is 8.02. The van der Waals surface area contributed by atoms with Gasteiger partial charge in [0.1, 0.15) is 17.3 Å². The summed E-state index contributed by atoms with van der Waals surface area (Å²) >= 11 is 1.49. The van der Waals surface area contributed by atoms with Crippen LogP contribution in [0.15, 0.2) is 40.8 Å². The van der Waals surface area contributed by atoms with E-state index in [0.29, 0.717) is 18.0 Å². The fourth-order valence-electron chi connectivity index (χ4n) is 2.37. The minimum Gasteiger partial charge on any atom is -0.497 e. The van der Waals surface area contributed by atoms with Gasteiger partial charge < -0.3 is 14.5 Å². The van der Waals surface area contributed by atoms with Gasteiger partial charge in [-0.15, -0.1) is 11.3 Å². The molecule has 1 amide bonds. The van der Waals surface area contributed by atoms with E-state index in [1.54, 1.807) is 7.11 Å². The number of carbonyl (C=O) groups is 1. The standard InChI is InChI=1S/C19H20N2O3S/c1-12-13(2)25-19(20-12)21-18(22)11-9-16-8-10-17(24-16)14-4-6-15(23-3)7-5-14/h4-8,10H,9,11H2,1-3H3,(H,20,21,22). The van der Waals surface area contributed by atoms with E-state index in [-0.39, 0.29) is 5.91 Å². The molecule has 1 aromatic carbocycles. The number of aromatic nitrogens is 1. The van der Waals surface area contributed by atoms with Gasteiger partial charge in [-0.05, 0) is 50.2 Å². The van der Waals surface area contributed by atoms with Crippen LogP contribution in [0, 0.1) is 13.8 Å². The first-order valence-corrected chi connectivity index (χ1v) is 8.84. The molecule has 130 valence electrons. The van der Waals surface area contributed by atoms with Crippen LogP contribution in [0.2, 0.25) is 0 Å². The lowest BCUT2D eigenvalue weighted by atomic mass is 10.2. The third-order valence-electron chi connectivity index (χ3n) is 3.91. The van der Waals surface area contributed by atoms with Crippen molar-refractivity contribution in [3.63, 3.8) is 0 Å². The van der Waals surface area contributed by atoms with Crippen molar-refractivity contribution < 1.29 is 13.9 Å². The third-order valence-corrected chi connectivity index (χ3v) is 4.90. The predicted molar refractivity (Wildman–Crippen MR) is 99.2 cm³/mol. The van der Waals surface area contributed by atoms with Crippen LogP contribution in [0.3, 0.4) is 0 Å². The lowest BCUT2D eigenvalue weighted by molar-refractivity contribution is -0.116. The maximum Gasteiger partial charge on any atom is 0.226 e. The summed E-state index contributed by atoms with van der Waals surface area (Å²) in [5.74, 6) is 2.31. The molecule has 1 N–H and O–H groups in total. The van der Waals surface area contributed by atoms with Crippen LogP contribution in [0.5, 0.6) is 5.75 Å². The number of nitrogens with one attached hydrogen (secondary N) is 1. The van der Waals surface area contributed by atoms with E-state index in [1.807, 2.05) is 50.2 Å². The van der Waals surface area contributed by atoms with Gasteiger partial charge >= 0.3 is 0 Å². The highest BCUT2D eigenvalue weighted by molar-refractivity contribution is 7.15. The first kappa shape index (κ1) is 17.2. The van der Waals surface area contributed by atoms with Crippen molar-refractivity contribution in [1.29, 1.82) is 0 Å². The van der Waals surface area contributed by atoms with Gasteiger partial charge in [0.2, 0.25) is 5.91 Å². The minimum absolute atomic E-state index is 0.0591. The van der Waals surface area contributed by atoms with Gasteiger partial charge in [-0.2, -0.15) is 0 Å². The molecule has 0 spiro atoms. The van der Waals surface area contributed by atoms with Gasteiger partial charge in [0.05, 0.1) is 12.8 Å². The van der Waals surface area contributed by atoms with Crippen molar-refractivity contribution >= 4 is 22.4 Å². The highest BCUT2D eigenvalue weighted by atomic mass is 32.1. The second-order valence-corrected chi connectivity index (χ2v) is 6.91. The average Bonchev–Trinajstić information content (AvgIpc) is 3.20. The second kappa shape index (κ2) is 7.53. The summed E-state index contributed by atoms with van der Waals surface area (Å²) in [5, 5.41) is 3.49. The van der Waals surface area contributed by atoms with E-state index >= 15 is 0 Å². The highest BCUT2D eigenvalue weighted by Crippen LogP contribution is 2.25. The van der Waals surface area contributed by atoms with Crippen molar-refractivity contribution in [1.82, 2.24) is 4.98 Å². The molecule has 2 heterocycles. The first-order chi connectivity index (χ1) is 12.0. The highest BCUT2D eigenvalue weighted by Gasteiger charge is 2.10. The van der Waals surface area contributed by atoms with Crippen molar-refractivity contribution in [2.75, 3.05) is 12.4 Å². The van der Waals surface area contributed by atoms with Crippen LogP contribution in [0.4, 0.5) is 5.13 Å². The molecule has 3 rings (SSSR count). The van der Waals surface area contributed by atoms with Gasteiger partial charge in [0.15, 0.2) is 5.13 Å². The minimum atomic E-state index is -0.0591. The number of hydrogen-bond acceptors (Lipinski definition) is 5. The molecular formula is C19H20N2O3S. The number of ether oxygens (including phenoxy) is 1. The Kier molecular flexibility index (Phi) is 5.19. The van der Waals surface area contributed by atoms with Crippen LogP contribution >= 0.6 is 11.3 Å². The number of aryl methyl sites for hydroxylation is 3. The monoisotopic (exact) mass is 356 g/mol. The molecule has 0 bridgehead atoms. The van der Waals surface area contributed by atoms with Gasteiger partial charge in [-0.3, -0.25) is 4.79 Å². The lowest BCUT2D eigenvalue weighted by Gasteiger charge is -2.02. The van der Waals surface area contributed by atoms with E-state index < -0.39 is 0 Å². The second-order valence-electron chi connectivity index (χ2n) is 5.70. The normalized spacial score (nSPS) is 10.7. The summed E-state index contributed by atoms with van der Waals surface area (Å²) in [7, 11) is 1.64. The molecule has 0 fully saturated rings. The van der Waals surface area contributed by atoms with Crippen molar-refractivity contribution in [2.24, 2.45) is 0 Å². The predicted octanol–water partition coefficient (Wildman–Crippen LogP) is 4.60. The Labute approximate surface area is 150 Å². The Hall–Kier alpha value is -2.60. The van der Waals surface area contributed by atoms with E-state index in [1.165, 1.54) is 11.3 Å². The summed E-state index contributed by atoms with van der Waals surface area (Å²) in [4.78, 5) is 17.5. The van der Waals surface area contributed by atoms with Crippen molar-refractivity contribution in [2.45, 2.75) is 26.7 Å². The third kappa shape index (κ3) is 4.28. The molecule has 0 aliphatic rings. The molecule has 3 aromatic rings. The SMILES string of the molecule is COc1ccc(-c2ccc(CCC(=O)Nc3nc(C)c(C)s3)o2)cc1. The molecule has 0 saturated heterocycles.